The van der Waals surface area contributed by atoms with E-state index in [4.69, 9.17) is 9.47 Å². The molecule has 3 atom stereocenters. The number of amides is 1. The Morgan fingerprint density at radius 2 is 2.04 bits per heavy atom. The summed E-state index contributed by atoms with van der Waals surface area (Å²) in [6.07, 6.45) is -0.406. The number of benzene rings is 1. The number of fused-ring (bicyclic) bond motifs is 2. The molecule has 0 spiro atoms. The van der Waals surface area contributed by atoms with Gasteiger partial charge in [0.1, 0.15) is 24.1 Å². The standard InChI is InChI=1S/C16H16FNO5/c17-4-9-2-7-1-8(3-10(16(20)21)14(7)23-9)15(19)18-13-11-5-22-6-12(11)13/h1,3,9,11-13H,2,4-6H2,(H,18,19)(H,20,21). The van der Waals surface area contributed by atoms with Gasteiger partial charge in [-0.1, -0.05) is 0 Å². The molecule has 1 saturated heterocycles. The Morgan fingerprint density at radius 3 is 2.70 bits per heavy atom. The highest BCUT2D eigenvalue weighted by Gasteiger charge is 2.54. The number of nitrogens with one attached hydrogen (secondary N) is 1. The number of carbonyl (C=O) groups is 2. The van der Waals surface area contributed by atoms with Crippen molar-refractivity contribution in [3.63, 3.8) is 0 Å². The zero-order chi connectivity index (χ0) is 16.1. The maximum absolute atomic E-state index is 12.8. The fraction of sp³-hybridized carbons (Fsp3) is 0.500. The molecule has 2 N–H and O–H groups in total. The molecular weight excluding hydrogens is 305 g/mol. The first-order valence-electron chi connectivity index (χ1n) is 7.60. The Hall–Kier alpha value is -2.15. The van der Waals surface area contributed by atoms with Crippen LogP contribution in [0.3, 0.4) is 0 Å². The van der Waals surface area contributed by atoms with Crippen LogP contribution in [0.1, 0.15) is 26.3 Å². The average molecular weight is 321 g/mol. The molecule has 2 fully saturated rings. The van der Waals surface area contributed by atoms with Gasteiger partial charge in [-0.05, 0) is 17.7 Å². The second-order valence-electron chi connectivity index (χ2n) is 6.28. The SMILES string of the molecule is O=C(NC1C2COCC21)c1cc2c(c(C(=O)O)c1)OC(CF)C2. The molecule has 3 unspecified atom stereocenters. The van der Waals surface area contributed by atoms with Crippen molar-refractivity contribution >= 4 is 11.9 Å². The molecule has 6 nitrogen and oxygen atoms in total. The number of carboxylic acids is 1. The second kappa shape index (κ2) is 5.19. The summed E-state index contributed by atoms with van der Waals surface area (Å²) < 4.78 is 23.4. The van der Waals surface area contributed by atoms with Gasteiger partial charge in [-0.15, -0.1) is 0 Å². The van der Waals surface area contributed by atoms with Crippen LogP contribution in [-0.4, -0.2) is 49.0 Å². The molecule has 1 amide bonds. The maximum Gasteiger partial charge on any atom is 0.339 e. The quantitative estimate of drug-likeness (QED) is 0.865. The highest BCUT2D eigenvalue weighted by molar-refractivity contribution is 6.00. The van der Waals surface area contributed by atoms with E-state index in [9.17, 15) is 19.1 Å². The van der Waals surface area contributed by atoms with Crippen LogP contribution in [0.25, 0.3) is 0 Å². The predicted octanol–water partition coefficient (Wildman–Crippen LogP) is 1.03. The normalized spacial score (nSPS) is 30.3. The fourth-order valence-electron chi connectivity index (χ4n) is 3.50. The lowest BCUT2D eigenvalue weighted by Gasteiger charge is -2.11. The number of rotatable bonds is 4. The molecule has 2 aliphatic heterocycles. The van der Waals surface area contributed by atoms with Crippen molar-refractivity contribution in [2.75, 3.05) is 19.9 Å². The summed E-state index contributed by atoms with van der Waals surface area (Å²) in [5.41, 5.74) is 0.745. The Labute approximate surface area is 131 Å². The molecule has 1 aromatic rings. The van der Waals surface area contributed by atoms with Crippen molar-refractivity contribution < 1.29 is 28.6 Å². The number of hydrogen-bond acceptors (Lipinski definition) is 4. The third-order valence-corrected chi connectivity index (χ3v) is 4.81. The minimum Gasteiger partial charge on any atom is -0.486 e. The highest BCUT2D eigenvalue weighted by Crippen LogP contribution is 2.44. The van der Waals surface area contributed by atoms with Crippen molar-refractivity contribution in [2.45, 2.75) is 18.6 Å². The Bertz CT molecular complexity index is 681. The first-order chi connectivity index (χ1) is 11.1. The lowest BCUT2D eigenvalue weighted by atomic mass is 10.0. The van der Waals surface area contributed by atoms with Crippen molar-refractivity contribution in [1.29, 1.82) is 0 Å². The summed E-state index contributed by atoms with van der Waals surface area (Å²) in [5.74, 6) is -0.586. The zero-order valence-electron chi connectivity index (χ0n) is 12.3. The van der Waals surface area contributed by atoms with E-state index in [1.54, 1.807) is 6.07 Å². The second-order valence-corrected chi connectivity index (χ2v) is 6.28. The van der Waals surface area contributed by atoms with E-state index in [1.165, 1.54) is 6.07 Å². The van der Waals surface area contributed by atoms with Gasteiger partial charge < -0.3 is 19.9 Å². The van der Waals surface area contributed by atoms with Crippen LogP contribution in [-0.2, 0) is 11.2 Å². The summed E-state index contributed by atoms with van der Waals surface area (Å²) in [6.45, 7) is 0.624. The minimum atomic E-state index is -1.19. The largest absolute Gasteiger partial charge is 0.486 e. The van der Waals surface area contributed by atoms with Gasteiger partial charge in [0.05, 0.1) is 13.2 Å². The van der Waals surface area contributed by atoms with Gasteiger partial charge in [0.2, 0.25) is 0 Å². The number of halogens is 1. The lowest BCUT2D eigenvalue weighted by Crippen LogP contribution is -2.30. The van der Waals surface area contributed by atoms with Crippen LogP contribution in [0, 0.1) is 11.8 Å². The molecule has 0 radical (unpaired) electrons. The molecule has 3 aliphatic rings. The molecule has 1 saturated carbocycles. The van der Waals surface area contributed by atoms with Crippen LogP contribution in [0.15, 0.2) is 12.1 Å². The van der Waals surface area contributed by atoms with Crippen LogP contribution < -0.4 is 10.1 Å². The topological polar surface area (TPSA) is 84.9 Å². The average Bonchev–Trinajstić information content (AvgIpc) is 2.95. The third kappa shape index (κ3) is 2.35. The van der Waals surface area contributed by atoms with E-state index < -0.39 is 18.7 Å². The molecule has 0 bridgehead atoms. The predicted molar refractivity (Wildman–Crippen MR) is 76.5 cm³/mol. The fourth-order valence-corrected chi connectivity index (χ4v) is 3.50. The third-order valence-electron chi connectivity index (χ3n) is 4.81. The van der Waals surface area contributed by atoms with Crippen molar-refractivity contribution in [1.82, 2.24) is 5.32 Å². The number of hydrogen-bond donors (Lipinski definition) is 2. The summed E-state index contributed by atoms with van der Waals surface area (Å²) in [6, 6.07) is 3.00. The monoisotopic (exact) mass is 321 g/mol. The van der Waals surface area contributed by atoms with Gasteiger partial charge in [-0.25, -0.2) is 9.18 Å². The van der Waals surface area contributed by atoms with E-state index in [1.807, 2.05) is 0 Å². The number of carbonyl (C=O) groups excluding carboxylic acids is 1. The van der Waals surface area contributed by atoms with E-state index in [2.05, 4.69) is 5.32 Å². The molecule has 0 aromatic heterocycles. The molecule has 1 aromatic carbocycles. The zero-order valence-corrected chi connectivity index (χ0v) is 12.3. The smallest absolute Gasteiger partial charge is 0.339 e. The molecule has 122 valence electrons. The number of aromatic carboxylic acids is 1. The van der Waals surface area contributed by atoms with Crippen LogP contribution in [0.4, 0.5) is 4.39 Å². The Kier molecular flexibility index (Phi) is 3.26. The van der Waals surface area contributed by atoms with Gasteiger partial charge in [-0.3, -0.25) is 4.79 Å². The number of ether oxygens (including phenoxy) is 2. The number of carboxylic acid groups (broad SMARTS) is 1. The number of alkyl halides is 1. The summed E-state index contributed by atoms with van der Waals surface area (Å²) >= 11 is 0. The molecule has 23 heavy (non-hydrogen) atoms. The molecule has 4 rings (SSSR count). The van der Waals surface area contributed by atoms with Crippen LogP contribution >= 0.6 is 0 Å². The molecule has 7 heteroatoms. The first kappa shape index (κ1) is 14.4. The first-order valence-corrected chi connectivity index (χ1v) is 7.60. The maximum atomic E-state index is 12.8. The van der Waals surface area contributed by atoms with Crippen molar-refractivity contribution in [3.05, 3.63) is 28.8 Å². The van der Waals surface area contributed by atoms with Gasteiger partial charge in [0.15, 0.2) is 0 Å². The van der Waals surface area contributed by atoms with Gasteiger partial charge in [0.25, 0.3) is 5.91 Å². The minimum absolute atomic E-state index is 0.0945. The van der Waals surface area contributed by atoms with E-state index in [0.29, 0.717) is 30.6 Å². The summed E-state index contributed by atoms with van der Waals surface area (Å²) in [5, 5.41) is 12.2. The van der Waals surface area contributed by atoms with Crippen molar-refractivity contribution in [3.8, 4) is 5.75 Å². The van der Waals surface area contributed by atoms with Crippen molar-refractivity contribution in [2.24, 2.45) is 11.8 Å². The Morgan fingerprint density at radius 1 is 1.30 bits per heavy atom. The van der Waals surface area contributed by atoms with Crippen LogP contribution in [0.2, 0.25) is 0 Å². The Balaban J connectivity index is 1.58. The van der Waals surface area contributed by atoms with Gasteiger partial charge in [0, 0.05) is 29.9 Å². The van der Waals surface area contributed by atoms with Gasteiger partial charge in [-0.2, -0.15) is 0 Å². The summed E-state index contributed by atoms with van der Waals surface area (Å²) in [7, 11) is 0. The van der Waals surface area contributed by atoms with E-state index >= 15 is 0 Å². The molecule has 2 heterocycles. The van der Waals surface area contributed by atoms with E-state index in [-0.39, 0.29) is 35.2 Å². The van der Waals surface area contributed by atoms with Gasteiger partial charge >= 0.3 is 5.97 Å². The molecule has 1 aliphatic carbocycles. The lowest BCUT2D eigenvalue weighted by molar-refractivity contribution is 0.0690. The van der Waals surface area contributed by atoms with Crippen LogP contribution in [0.5, 0.6) is 5.75 Å². The van der Waals surface area contributed by atoms with E-state index in [0.717, 1.165) is 0 Å². The molecular formula is C16H16FNO5. The highest BCUT2D eigenvalue weighted by atomic mass is 19.1. The summed E-state index contributed by atoms with van der Waals surface area (Å²) in [4.78, 5) is 23.8.